The zero-order valence-electron chi connectivity index (χ0n) is 18.7. The molecule has 0 aliphatic rings. The first-order valence-electron chi connectivity index (χ1n) is 10.5. The zero-order valence-corrected chi connectivity index (χ0v) is 18.7. The highest BCUT2D eigenvalue weighted by Gasteiger charge is 2.23. The molecule has 0 aliphatic carbocycles. The normalized spacial score (nSPS) is 12.1. The van der Waals surface area contributed by atoms with Crippen LogP contribution < -0.4 is 5.32 Å². The summed E-state index contributed by atoms with van der Waals surface area (Å²) in [5.41, 5.74) is 3.64. The number of benzene rings is 2. The maximum Gasteiger partial charge on any atom is 0.310 e. The monoisotopic (exact) mass is 430 g/mol. The van der Waals surface area contributed by atoms with Crippen molar-refractivity contribution in [1.29, 1.82) is 0 Å². The van der Waals surface area contributed by atoms with Crippen molar-refractivity contribution in [2.45, 2.75) is 20.3 Å². The van der Waals surface area contributed by atoms with Crippen molar-refractivity contribution in [2.24, 2.45) is 13.0 Å². The molecule has 2 aromatic heterocycles. The second-order valence-electron chi connectivity index (χ2n) is 8.03. The highest BCUT2D eigenvalue weighted by Crippen LogP contribution is 2.22. The molecule has 164 valence electrons. The number of hydrogen-bond acceptors (Lipinski definition) is 5. The highest BCUT2D eigenvalue weighted by atomic mass is 16.5. The third kappa shape index (κ3) is 4.19. The van der Waals surface area contributed by atoms with Crippen molar-refractivity contribution in [3.8, 4) is 0 Å². The number of aromatic nitrogens is 3. The quantitative estimate of drug-likeness (QED) is 0.473. The van der Waals surface area contributed by atoms with Crippen LogP contribution in [0.2, 0.25) is 0 Å². The summed E-state index contributed by atoms with van der Waals surface area (Å²) in [7, 11) is 3.17. The molecule has 1 atom stereocenters. The Morgan fingerprint density at radius 3 is 2.59 bits per heavy atom. The fourth-order valence-electron chi connectivity index (χ4n) is 4.12. The summed E-state index contributed by atoms with van der Waals surface area (Å²) < 4.78 is 6.68. The maximum absolute atomic E-state index is 13.1. The van der Waals surface area contributed by atoms with Crippen molar-refractivity contribution in [2.75, 3.05) is 13.7 Å². The molecule has 1 unspecified atom stereocenters. The topological polar surface area (TPSA) is 86.1 Å². The molecule has 0 bridgehead atoms. The number of hydrogen-bond donors (Lipinski definition) is 1. The summed E-state index contributed by atoms with van der Waals surface area (Å²) >= 11 is 0. The molecule has 2 aromatic carbocycles. The van der Waals surface area contributed by atoms with Crippen LogP contribution in [0.25, 0.3) is 21.8 Å². The Hall–Kier alpha value is -3.74. The van der Waals surface area contributed by atoms with Gasteiger partial charge in [-0.1, -0.05) is 42.5 Å². The Kier molecular flexibility index (Phi) is 5.90. The number of carbonyl (C=O) groups is 2. The second-order valence-corrected chi connectivity index (χ2v) is 8.03. The van der Waals surface area contributed by atoms with E-state index in [-0.39, 0.29) is 18.4 Å². The maximum atomic E-state index is 13.1. The van der Waals surface area contributed by atoms with E-state index in [1.54, 1.807) is 17.8 Å². The minimum absolute atomic E-state index is 0.167. The molecule has 4 aromatic rings. The van der Waals surface area contributed by atoms with Gasteiger partial charge in [-0.3, -0.25) is 14.3 Å². The van der Waals surface area contributed by atoms with Gasteiger partial charge in [0.25, 0.3) is 5.91 Å². The molecule has 2 heterocycles. The number of esters is 1. The van der Waals surface area contributed by atoms with E-state index in [1.165, 1.54) is 7.11 Å². The van der Waals surface area contributed by atoms with E-state index in [2.05, 4.69) is 27.5 Å². The van der Waals surface area contributed by atoms with E-state index < -0.39 is 5.92 Å². The first-order valence-corrected chi connectivity index (χ1v) is 10.5. The van der Waals surface area contributed by atoms with Crippen LogP contribution in [-0.2, 0) is 23.0 Å². The smallest absolute Gasteiger partial charge is 0.310 e. The van der Waals surface area contributed by atoms with Crippen LogP contribution in [0.5, 0.6) is 0 Å². The van der Waals surface area contributed by atoms with Gasteiger partial charge in [0.2, 0.25) is 0 Å². The number of rotatable bonds is 6. The van der Waals surface area contributed by atoms with Crippen molar-refractivity contribution >= 4 is 33.7 Å². The van der Waals surface area contributed by atoms with Crippen LogP contribution in [0.15, 0.2) is 48.5 Å². The number of aryl methyl sites for hydroxylation is 3. The van der Waals surface area contributed by atoms with Crippen molar-refractivity contribution in [1.82, 2.24) is 20.1 Å². The average Bonchev–Trinajstić information content (AvgIpc) is 3.08. The van der Waals surface area contributed by atoms with Gasteiger partial charge in [-0.2, -0.15) is 5.10 Å². The molecule has 7 nitrogen and oxygen atoms in total. The fourth-order valence-corrected chi connectivity index (χ4v) is 4.12. The van der Waals surface area contributed by atoms with E-state index in [4.69, 9.17) is 4.74 Å². The first-order chi connectivity index (χ1) is 15.4. The number of nitrogens with zero attached hydrogens (tertiary/aromatic N) is 3. The van der Waals surface area contributed by atoms with E-state index in [0.29, 0.717) is 17.6 Å². The van der Waals surface area contributed by atoms with Crippen LogP contribution in [0.4, 0.5) is 0 Å². The van der Waals surface area contributed by atoms with Crippen LogP contribution in [0, 0.1) is 19.8 Å². The van der Waals surface area contributed by atoms with Crippen molar-refractivity contribution in [3.63, 3.8) is 0 Å². The molecule has 0 spiro atoms. The molecule has 4 rings (SSSR count). The Bertz CT molecular complexity index is 1330. The molecule has 32 heavy (non-hydrogen) atoms. The number of nitrogens with one attached hydrogen (secondary N) is 1. The number of ether oxygens (including phenoxy) is 1. The van der Waals surface area contributed by atoms with Gasteiger partial charge in [0.05, 0.1) is 29.7 Å². The predicted molar refractivity (Wildman–Crippen MR) is 123 cm³/mol. The fraction of sp³-hybridized carbons (Fsp3) is 0.280. The summed E-state index contributed by atoms with van der Waals surface area (Å²) in [6.07, 6.45) is 0.467. The lowest BCUT2D eigenvalue weighted by Gasteiger charge is -2.16. The molecule has 0 saturated carbocycles. The molecule has 1 amide bonds. The lowest BCUT2D eigenvalue weighted by Crippen LogP contribution is -2.35. The molecule has 0 aliphatic heterocycles. The Labute approximate surface area is 186 Å². The number of carbonyl (C=O) groups excluding carboxylic acids is 2. The van der Waals surface area contributed by atoms with Gasteiger partial charge in [0.15, 0.2) is 5.65 Å². The van der Waals surface area contributed by atoms with Crippen LogP contribution in [-0.4, -0.2) is 40.3 Å². The number of fused-ring (bicyclic) bond motifs is 2. The zero-order chi connectivity index (χ0) is 22.8. The minimum Gasteiger partial charge on any atom is -0.469 e. The summed E-state index contributed by atoms with van der Waals surface area (Å²) in [5, 5.41) is 10.3. The largest absolute Gasteiger partial charge is 0.469 e. The summed E-state index contributed by atoms with van der Waals surface area (Å²) in [4.78, 5) is 30.0. The van der Waals surface area contributed by atoms with Gasteiger partial charge in [0.1, 0.15) is 0 Å². The van der Waals surface area contributed by atoms with Gasteiger partial charge in [-0.05, 0) is 42.7 Å². The van der Waals surface area contributed by atoms with E-state index in [9.17, 15) is 9.59 Å². The van der Waals surface area contributed by atoms with Crippen LogP contribution in [0.3, 0.4) is 0 Å². The van der Waals surface area contributed by atoms with E-state index >= 15 is 0 Å². The second kappa shape index (κ2) is 8.78. The van der Waals surface area contributed by atoms with Gasteiger partial charge in [-0.25, -0.2) is 4.98 Å². The Morgan fingerprint density at radius 1 is 1.09 bits per heavy atom. The lowest BCUT2D eigenvalue weighted by molar-refractivity contribution is -0.145. The molecular formula is C25H26N4O3. The first kappa shape index (κ1) is 21.5. The van der Waals surface area contributed by atoms with Crippen molar-refractivity contribution < 1.29 is 14.3 Å². The number of amides is 1. The summed E-state index contributed by atoms with van der Waals surface area (Å²) in [5.74, 6) is -1.12. The lowest BCUT2D eigenvalue weighted by atomic mass is 9.97. The summed E-state index contributed by atoms with van der Waals surface area (Å²) in [6, 6.07) is 16.0. The molecule has 7 heteroatoms. The standard InChI is InChI=1S/C25H26N4O3/c1-15-11-21(22-16(2)28-29(3)23(22)27-15)24(30)26-14-20(25(31)32-4)13-17-9-10-18-7-5-6-8-19(18)12-17/h5-12,20H,13-14H2,1-4H3,(H,26,30). The molecule has 1 N–H and O–H groups in total. The number of pyridine rings is 1. The molecule has 0 radical (unpaired) electrons. The predicted octanol–water partition coefficient (Wildman–Crippen LogP) is 3.50. The highest BCUT2D eigenvalue weighted by molar-refractivity contribution is 6.06. The van der Waals surface area contributed by atoms with Gasteiger partial charge >= 0.3 is 5.97 Å². The van der Waals surface area contributed by atoms with Gasteiger partial charge in [0, 0.05) is 19.3 Å². The molecule has 0 saturated heterocycles. The average molecular weight is 431 g/mol. The number of methoxy groups -OCH3 is 1. The molecule has 0 fully saturated rings. The third-order valence-electron chi connectivity index (χ3n) is 5.68. The molecular weight excluding hydrogens is 404 g/mol. The van der Waals surface area contributed by atoms with Gasteiger partial charge in [-0.15, -0.1) is 0 Å². The van der Waals surface area contributed by atoms with E-state index in [1.807, 2.05) is 44.2 Å². The van der Waals surface area contributed by atoms with Crippen molar-refractivity contribution in [3.05, 3.63) is 71.0 Å². The van der Waals surface area contributed by atoms with Crippen LogP contribution >= 0.6 is 0 Å². The minimum atomic E-state index is -0.501. The summed E-state index contributed by atoms with van der Waals surface area (Å²) in [6.45, 7) is 3.86. The van der Waals surface area contributed by atoms with E-state index in [0.717, 1.165) is 33.1 Å². The van der Waals surface area contributed by atoms with Gasteiger partial charge < -0.3 is 10.1 Å². The Balaban J connectivity index is 1.56. The SMILES string of the molecule is COC(=O)C(CNC(=O)c1cc(C)nc2c1c(C)nn2C)Cc1ccc2ccccc2c1. The van der Waals surface area contributed by atoms with Crippen LogP contribution in [0.1, 0.15) is 27.3 Å². The third-order valence-corrected chi connectivity index (χ3v) is 5.68. The Morgan fingerprint density at radius 2 is 1.84 bits per heavy atom.